The van der Waals surface area contributed by atoms with Crippen LogP contribution in [-0.2, 0) is 27.1 Å². The maximum atomic E-state index is 12.1. The van der Waals surface area contributed by atoms with Crippen LogP contribution in [0.2, 0.25) is 0 Å². The summed E-state index contributed by atoms with van der Waals surface area (Å²) < 4.78 is 9.78. The summed E-state index contributed by atoms with van der Waals surface area (Å²) in [6.07, 6.45) is 4.28. The zero-order chi connectivity index (χ0) is 18.2. The molecule has 1 aromatic heterocycles. The van der Waals surface area contributed by atoms with Gasteiger partial charge < -0.3 is 14.8 Å². The van der Waals surface area contributed by atoms with Gasteiger partial charge in [-0.25, -0.2) is 9.59 Å². The van der Waals surface area contributed by atoms with Crippen molar-refractivity contribution in [1.29, 1.82) is 0 Å². The summed E-state index contributed by atoms with van der Waals surface area (Å²) in [5.74, 6) is -0.522. The van der Waals surface area contributed by atoms with E-state index in [1.54, 1.807) is 0 Å². The van der Waals surface area contributed by atoms with Gasteiger partial charge in [0, 0.05) is 18.5 Å². The minimum atomic E-state index is -0.671. The molecular formula is C17H24N2O5S. The van der Waals surface area contributed by atoms with Crippen molar-refractivity contribution in [3.8, 4) is 0 Å². The van der Waals surface area contributed by atoms with Gasteiger partial charge in [-0.2, -0.15) is 0 Å². The smallest absolute Gasteiger partial charge is 0.348 e. The van der Waals surface area contributed by atoms with E-state index in [0.717, 1.165) is 25.7 Å². The fourth-order valence-electron chi connectivity index (χ4n) is 2.72. The lowest BCUT2D eigenvalue weighted by Crippen LogP contribution is -2.42. The second-order valence-corrected chi connectivity index (χ2v) is 7.09. The van der Waals surface area contributed by atoms with Crippen LogP contribution >= 0.6 is 11.3 Å². The van der Waals surface area contributed by atoms with E-state index in [9.17, 15) is 14.4 Å². The van der Waals surface area contributed by atoms with E-state index in [1.807, 2.05) is 6.07 Å². The number of amides is 3. The highest BCUT2D eigenvalue weighted by Crippen LogP contribution is 2.33. The number of urea groups is 1. The Bertz CT molecular complexity index is 629. The molecule has 0 aliphatic heterocycles. The highest BCUT2D eigenvalue weighted by Gasteiger charge is 2.23. The van der Waals surface area contributed by atoms with E-state index in [4.69, 9.17) is 9.47 Å². The average Bonchev–Trinajstić information content (AvgIpc) is 3.03. The molecule has 7 nitrogen and oxygen atoms in total. The van der Waals surface area contributed by atoms with Crippen LogP contribution in [0.3, 0.4) is 0 Å². The fraction of sp³-hybridized carbons (Fsp3) is 0.588. The van der Waals surface area contributed by atoms with Gasteiger partial charge >= 0.3 is 12.0 Å². The van der Waals surface area contributed by atoms with E-state index < -0.39 is 24.5 Å². The molecule has 1 aromatic rings. The number of methoxy groups -OCH3 is 1. The molecule has 1 aliphatic rings. The molecule has 0 radical (unpaired) electrons. The van der Waals surface area contributed by atoms with Crippen LogP contribution in [0.1, 0.15) is 39.9 Å². The third-order valence-corrected chi connectivity index (χ3v) is 5.36. The second kappa shape index (κ2) is 9.53. The summed E-state index contributed by atoms with van der Waals surface area (Å²) >= 11 is 1.44. The van der Waals surface area contributed by atoms with Crippen LogP contribution in [-0.4, -0.2) is 44.8 Å². The summed E-state index contributed by atoms with van der Waals surface area (Å²) in [5.41, 5.74) is 1.22. The third kappa shape index (κ3) is 5.82. The lowest BCUT2D eigenvalue weighted by molar-refractivity contribution is -0.123. The Hall–Kier alpha value is -1.93. The molecule has 1 atom stereocenters. The van der Waals surface area contributed by atoms with Gasteiger partial charge in [-0.05, 0) is 36.8 Å². The molecule has 25 heavy (non-hydrogen) atoms. The van der Waals surface area contributed by atoms with E-state index >= 15 is 0 Å². The summed E-state index contributed by atoms with van der Waals surface area (Å²) in [7, 11) is 1.51. The van der Waals surface area contributed by atoms with E-state index in [0.29, 0.717) is 17.4 Å². The van der Waals surface area contributed by atoms with Crippen molar-refractivity contribution >= 4 is 29.2 Å². The molecule has 1 heterocycles. The maximum Gasteiger partial charge on any atom is 0.348 e. The Balaban J connectivity index is 1.78. The Morgan fingerprint density at radius 1 is 1.36 bits per heavy atom. The van der Waals surface area contributed by atoms with Crippen molar-refractivity contribution in [2.75, 3.05) is 26.9 Å². The van der Waals surface area contributed by atoms with E-state index in [-0.39, 0.29) is 6.54 Å². The van der Waals surface area contributed by atoms with E-state index in [1.165, 1.54) is 28.9 Å². The molecule has 138 valence electrons. The van der Waals surface area contributed by atoms with Gasteiger partial charge in [0.25, 0.3) is 5.91 Å². The molecule has 3 amide bonds. The van der Waals surface area contributed by atoms with Crippen molar-refractivity contribution < 1.29 is 23.9 Å². The molecule has 0 bridgehead atoms. The van der Waals surface area contributed by atoms with Crippen LogP contribution in [0.4, 0.5) is 4.79 Å². The molecule has 1 aliphatic carbocycles. The lowest BCUT2D eigenvalue weighted by Gasteiger charge is -2.19. The summed E-state index contributed by atoms with van der Waals surface area (Å²) in [6, 6.07) is 1.23. The van der Waals surface area contributed by atoms with Gasteiger partial charge in [0.2, 0.25) is 0 Å². The molecule has 0 fully saturated rings. The third-order valence-electron chi connectivity index (χ3n) is 4.14. The number of ether oxygens (including phenoxy) is 2. The fourth-order valence-corrected chi connectivity index (χ4v) is 3.83. The van der Waals surface area contributed by atoms with Crippen molar-refractivity contribution in [1.82, 2.24) is 10.6 Å². The SMILES string of the molecule is CCC1CCc2sc(C(=O)OCC(=O)NC(=O)NCCOC)cc2C1. The normalized spacial score (nSPS) is 16.0. The Morgan fingerprint density at radius 2 is 2.16 bits per heavy atom. The molecule has 0 saturated heterocycles. The highest BCUT2D eigenvalue weighted by molar-refractivity contribution is 7.14. The predicted octanol–water partition coefficient (Wildman–Crippen LogP) is 1.89. The molecule has 0 spiro atoms. The average molecular weight is 368 g/mol. The number of aryl methyl sites for hydroxylation is 1. The van der Waals surface area contributed by atoms with Gasteiger partial charge in [0.15, 0.2) is 6.61 Å². The van der Waals surface area contributed by atoms with Crippen LogP contribution in [0.25, 0.3) is 0 Å². The highest BCUT2D eigenvalue weighted by atomic mass is 32.1. The first-order valence-electron chi connectivity index (χ1n) is 8.38. The van der Waals surface area contributed by atoms with Crippen molar-refractivity contribution in [2.45, 2.75) is 32.6 Å². The maximum absolute atomic E-state index is 12.1. The Morgan fingerprint density at radius 3 is 2.88 bits per heavy atom. The number of thiophene rings is 1. The zero-order valence-electron chi connectivity index (χ0n) is 14.6. The standard InChI is InChI=1S/C17H24N2O5S/c1-3-11-4-5-13-12(8-11)9-14(25-13)16(21)24-10-15(20)19-17(22)18-6-7-23-2/h9,11H,3-8,10H2,1-2H3,(H2,18,19,20,22). The van der Waals surface area contributed by atoms with Gasteiger partial charge in [-0.3, -0.25) is 10.1 Å². The van der Waals surface area contributed by atoms with Crippen molar-refractivity contribution in [2.24, 2.45) is 5.92 Å². The number of fused-ring (bicyclic) bond motifs is 1. The van der Waals surface area contributed by atoms with Crippen LogP contribution in [0.5, 0.6) is 0 Å². The number of nitrogens with one attached hydrogen (secondary N) is 2. The van der Waals surface area contributed by atoms with Gasteiger partial charge in [-0.15, -0.1) is 11.3 Å². The van der Waals surface area contributed by atoms with E-state index in [2.05, 4.69) is 17.6 Å². The molecule has 0 saturated carbocycles. The minimum Gasteiger partial charge on any atom is -0.451 e. The molecule has 2 N–H and O–H groups in total. The molecule has 1 unspecified atom stereocenters. The topological polar surface area (TPSA) is 93.7 Å². The Labute approximate surface area is 151 Å². The van der Waals surface area contributed by atoms with Crippen molar-refractivity contribution in [3.05, 3.63) is 21.4 Å². The largest absolute Gasteiger partial charge is 0.451 e. The summed E-state index contributed by atoms with van der Waals surface area (Å²) in [4.78, 5) is 36.9. The number of esters is 1. The van der Waals surface area contributed by atoms with Crippen molar-refractivity contribution in [3.63, 3.8) is 0 Å². The number of carbonyl (C=O) groups excluding carboxylic acids is 3. The molecule has 8 heteroatoms. The number of carbonyl (C=O) groups is 3. The van der Waals surface area contributed by atoms with Crippen LogP contribution in [0, 0.1) is 5.92 Å². The number of imide groups is 1. The van der Waals surface area contributed by atoms with Gasteiger partial charge in [0.05, 0.1) is 6.61 Å². The first-order chi connectivity index (χ1) is 12.0. The first-order valence-corrected chi connectivity index (χ1v) is 9.20. The number of hydrogen-bond donors (Lipinski definition) is 2. The van der Waals surface area contributed by atoms with Gasteiger partial charge in [0.1, 0.15) is 4.88 Å². The van der Waals surface area contributed by atoms with Crippen LogP contribution in [0.15, 0.2) is 6.07 Å². The predicted molar refractivity (Wildman–Crippen MR) is 93.8 cm³/mol. The second-order valence-electron chi connectivity index (χ2n) is 5.95. The number of hydrogen-bond acceptors (Lipinski definition) is 6. The number of rotatable bonds is 7. The minimum absolute atomic E-state index is 0.287. The zero-order valence-corrected chi connectivity index (χ0v) is 15.4. The van der Waals surface area contributed by atoms with Gasteiger partial charge in [-0.1, -0.05) is 13.3 Å². The molecule has 2 rings (SSSR count). The molecule has 0 aromatic carbocycles. The Kier molecular flexibility index (Phi) is 7.39. The first kappa shape index (κ1) is 19.4. The van der Waals surface area contributed by atoms with Crippen LogP contribution < -0.4 is 10.6 Å². The monoisotopic (exact) mass is 368 g/mol. The quantitative estimate of drug-likeness (QED) is 0.566. The summed E-state index contributed by atoms with van der Waals surface area (Å²) in [5, 5.41) is 4.53. The lowest BCUT2D eigenvalue weighted by atomic mass is 9.87. The summed E-state index contributed by atoms with van der Waals surface area (Å²) in [6.45, 7) is 2.32. The molecular weight excluding hydrogens is 344 g/mol.